The Morgan fingerprint density at radius 1 is 1.47 bits per heavy atom. The summed E-state index contributed by atoms with van der Waals surface area (Å²) in [4.78, 5) is 7.03. The maximum absolute atomic E-state index is 4.58. The van der Waals surface area contributed by atoms with Crippen molar-refractivity contribution in [3.05, 3.63) is 23.9 Å². The second-order valence-electron chi connectivity index (χ2n) is 6.19. The van der Waals surface area contributed by atoms with Crippen LogP contribution in [-0.2, 0) is 0 Å². The number of pyridine rings is 1. The zero-order valence-electron chi connectivity index (χ0n) is 12.7. The van der Waals surface area contributed by atoms with Gasteiger partial charge in [0.15, 0.2) is 0 Å². The Labute approximate surface area is 117 Å². The van der Waals surface area contributed by atoms with Gasteiger partial charge in [-0.1, -0.05) is 6.92 Å². The van der Waals surface area contributed by atoms with Crippen LogP contribution in [0.3, 0.4) is 0 Å². The third-order valence-corrected chi connectivity index (χ3v) is 4.15. The van der Waals surface area contributed by atoms with Crippen molar-refractivity contribution in [3.63, 3.8) is 0 Å². The van der Waals surface area contributed by atoms with E-state index in [9.17, 15) is 0 Å². The predicted molar refractivity (Wildman–Crippen MR) is 81.6 cm³/mol. The standard InChI is InChI=1S/C16H27N3/c1-5-9-17-13(2)14-7-10-18-15(12-14)19-11-6-8-16(19,3)4/h7,10,12-13,17H,5-6,8-9,11H2,1-4H3. The van der Waals surface area contributed by atoms with Crippen LogP contribution in [0.2, 0.25) is 0 Å². The van der Waals surface area contributed by atoms with Gasteiger partial charge in [0, 0.05) is 24.3 Å². The number of hydrogen-bond acceptors (Lipinski definition) is 3. The van der Waals surface area contributed by atoms with E-state index >= 15 is 0 Å². The Hall–Kier alpha value is -1.09. The second-order valence-corrected chi connectivity index (χ2v) is 6.19. The van der Waals surface area contributed by atoms with Crippen LogP contribution >= 0.6 is 0 Å². The first-order chi connectivity index (χ1) is 9.04. The quantitative estimate of drug-likeness (QED) is 0.879. The molecule has 0 radical (unpaired) electrons. The molecule has 0 spiro atoms. The van der Waals surface area contributed by atoms with Crippen molar-refractivity contribution in [1.29, 1.82) is 0 Å². The average Bonchev–Trinajstić information content (AvgIpc) is 2.75. The van der Waals surface area contributed by atoms with E-state index in [2.05, 4.69) is 55.0 Å². The molecule has 1 atom stereocenters. The highest BCUT2D eigenvalue weighted by molar-refractivity contribution is 5.45. The molecule has 19 heavy (non-hydrogen) atoms. The number of rotatable bonds is 5. The molecule has 0 aliphatic carbocycles. The minimum absolute atomic E-state index is 0.242. The fourth-order valence-corrected chi connectivity index (χ4v) is 2.86. The molecule has 0 amide bonds. The Kier molecular flexibility index (Phi) is 4.46. The number of hydrogen-bond donors (Lipinski definition) is 1. The molecule has 0 bridgehead atoms. The van der Waals surface area contributed by atoms with E-state index in [1.54, 1.807) is 0 Å². The van der Waals surface area contributed by atoms with Crippen molar-refractivity contribution in [2.75, 3.05) is 18.0 Å². The van der Waals surface area contributed by atoms with Crippen molar-refractivity contribution in [2.24, 2.45) is 0 Å². The summed E-state index contributed by atoms with van der Waals surface area (Å²) in [6, 6.07) is 4.77. The fraction of sp³-hybridized carbons (Fsp3) is 0.688. The van der Waals surface area contributed by atoms with Gasteiger partial charge in [0.1, 0.15) is 5.82 Å². The summed E-state index contributed by atoms with van der Waals surface area (Å²) in [6.07, 6.45) is 5.63. The van der Waals surface area contributed by atoms with Gasteiger partial charge in [0.25, 0.3) is 0 Å². The van der Waals surface area contributed by atoms with E-state index < -0.39 is 0 Å². The molecular formula is C16H27N3. The Balaban J connectivity index is 2.15. The lowest BCUT2D eigenvalue weighted by molar-refractivity contribution is 0.513. The highest BCUT2D eigenvalue weighted by Crippen LogP contribution is 2.33. The molecule has 0 aromatic carbocycles. The molecule has 3 heteroatoms. The zero-order valence-corrected chi connectivity index (χ0v) is 12.7. The molecule has 1 fully saturated rings. The largest absolute Gasteiger partial charge is 0.351 e. The SMILES string of the molecule is CCCNC(C)c1ccnc(N2CCCC2(C)C)c1. The van der Waals surface area contributed by atoms with Crippen LogP contribution < -0.4 is 10.2 Å². The molecule has 1 saturated heterocycles. The minimum Gasteiger partial charge on any atom is -0.351 e. The van der Waals surface area contributed by atoms with Gasteiger partial charge >= 0.3 is 0 Å². The zero-order chi connectivity index (χ0) is 13.9. The van der Waals surface area contributed by atoms with Crippen molar-refractivity contribution >= 4 is 5.82 Å². The van der Waals surface area contributed by atoms with E-state index in [0.717, 1.165) is 18.9 Å². The van der Waals surface area contributed by atoms with Crippen molar-refractivity contribution < 1.29 is 0 Å². The highest BCUT2D eigenvalue weighted by Gasteiger charge is 2.32. The summed E-state index contributed by atoms with van der Waals surface area (Å²) in [5.41, 5.74) is 1.58. The molecule has 1 aromatic heterocycles. The van der Waals surface area contributed by atoms with Crippen LogP contribution in [0.1, 0.15) is 58.6 Å². The number of aromatic nitrogens is 1. The van der Waals surface area contributed by atoms with Gasteiger partial charge in [-0.3, -0.25) is 0 Å². The Bertz CT molecular complexity index is 414. The fourth-order valence-electron chi connectivity index (χ4n) is 2.86. The summed E-state index contributed by atoms with van der Waals surface area (Å²) in [5, 5.41) is 3.54. The van der Waals surface area contributed by atoms with Crippen LogP contribution in [0, 0.1) is 0 Å². The van der Waals surface area contributed by atoms with Gasteiger partial charge in [-0.25, -0.2) is 4.98 Å². The summed E-state index contributed by atoms with van der Waals surface area (Å²) in [5.74, 6) is 1.13. The van der Waals surface area contributed by atoms with Gasteiger partial charge < -0.3 is 10.2 Å². The normalized spacial score (nSPS) is 19.7. The summed E-state index contributed by atoms with van der Waals surface area (Å²) in [7, 11) is 0. The van der Waals surface area contributed by atoms with Crippen molar-refractivity contribution in [3.8, 4) is 0 Å². The summed E-state index contributed by atoms with van der Waals surface area (Å²) in [6.45, 7) is 11.2. The first-order valence-electron chi connectivity index (χ1n) is 7.51. The molecule has 1 unspecified atom stereocenters. The van der Waals surface area contributed by atoms with Crippen LogP contribution in [-0.4, -0.2) is 23.6 Å². The molecule has 3 nitrogen and oxygen atoms in total. The van der Waals surface area contributed by atoms with E-state index in [4.69, 9.17) is 0 Å². The molecule has 1 aliphatic heterocycles. The van der Waals surface area contributed by atoms with Crippen LogP contribution in [0.25, 0.3) is 0 Å². The smallest absolute Gasteiger partial charge is 0.129 e. The van der Waals surface area contributed by atoms with Gasteiger partial charge in [-0.2, -0.15) is 0 Å². The third-order valence-electron chi connectivity index (χ3n) is 4.15. The van der Waals surface area contributed by atoms with Gasteiger partial charge in [0.05, 0.1) is 0 Å². The predicted octanol–water partition coefficient (Wildman–Crippen LogP) is 3.52. The van der Waals surface area contributed by atoms with E-state index in [1.165, 1.54) is 24.8 Å². The highest BCUT2D eigenvalue weighted by atomic mass is 15.3. The minimum atomic E-state index is 0.242. The van der Waals surface area contributed by atoms with E-state index in [0.29, 0.717) is 6.04 Å². The average molecular weight is 261 g/mol. The molecule has 106 valence electrons. The van der Waals surface area contributed by atoms with Crippen LogP contribution in [0.5, 0.6) is 0 Å². The number of anilines is 1. The lowest BCUT2D eigenvalue weighted by Gasteiger charge is -2.33. The van der Waals surface area contributed by atoms with Crippen LogP contribution in [0.15, 0.2) is 18.3 Å². The Morgan fingerprint density at radius 3 is 2.89 bits per heavy atom. The first kappa shape index (κ1) is 14.3. The molecule has 1 N–H and O–H groups in total. The van der Waals surface area contributed by atoms with Gasteiger partial charge in [-0.15, -0.1) is 0 Å². The lowest BCUT2D eigenvalue weighted by atomic mass is 10.0. The Morgan fingerprint density at radius 2 is 2.26 bits per heavy atom. The third kappa shape index (κ3) is 3.27. The molecule has 0 saturated carbocycles. The van der Waals surface area contributed by atoms with Crippen LogP contribution in [0.4, 0.5) is 5.82 Å². The molecule has 2 heterocycles. The second kappa shape index (κ2) is 5.91. The molecule has 1 aliphatic rings. The molecule has 1 aromatic rings. The van der Waals surface area contributed by atoms with Crippen molar-refractivity contribution in [2.45, 2.75) is 58.5 Å². The molecular weight excluding hydrogens is 234 g/mol. The van der Waals surface area contributed by atoms with E-state index in [1.807, 2.05) is 6.20 Å². The molecule has 2 rings (SSSR count). The summed E-state index contributed by atoms with van der Waals surface area (Å²) < 4.78 is 0. The topological polar surface area (TPSA) is 28.2 Å². The van der Waals surface area contributed by atoms with E-state index in [-0.39, 0.29) is 5.54 Å². The monoisotopic (exact) mass is 261 g/mol. The number of nitrogens with one attached hydrogen (secondary N) is 1. The lowest BCUT2D eigenvalue weighted by Crippen LogP contribution is -2.38. The maximum Gasteiger partial charge on any atom is 0.129 e. The van der Waals surface area contributed by atoms with Crippen molar-refractivity contribution in [1.82, 2.24) is 10.3 Å². The van der Waals surface area contributed by atoms with Gasteiger partial charge in [-0.05, 0) is 64.3 Å². The summed E-state index contributed by atoms with van der Waals surface area (Å²) >= 11 is 0. The first-order valence-corrected chi connectivity index (χ1v) is 7.51. The van der Waals surface area contributed by atoms with Gasteiger partial charge in [0.2, 0.25) is 0 Å². The maximum atomic E-state index is 4.58. The number of nitrogens with zero attached hydrogens (tertiary/aromatic N) is 2.